The molecule has 25 heavy (non-hydrogen) atoms. The van der Waals surface area contributed by atoms with Crippen molar-refractivity contribution >= 4 is 39.2 Å². The lowest BCUT2D eigenvalue weighted by atomic mass is 10.0. The molecule has 0 bridgehead atoms. The highest BCUT2D eigenvalue weighted by Gasteiger charge is 2.24. The van der Waals surface area contributed by atoms with Crippen LogP contribution in [0, 0.1) is 11.3 Å². The molecule has 1 N–H and O–H groups in total. The minimum absolute atomic E-state index is 0.182. The van der Waals surface area contributed by atoms with E-state index in [9.17, 15) is 4.79 Å². The van der Waals surface area contributed by atoms with Crippen molar-refractivity contribution in [3.63, 3.8) is 0 Å². The maximum Gasteiger partial charge on any atom is 0.161 e. The van der Waals surface area contributed by atoms with Gasteiger partial charge >= 0.3 is 0 Å². The molecule has 2 aromatic rings. The Bertz CT molecular complexity index is 902. The van der Waals surface area contributed by atoms with E-state index in [2.05, 4.69) is 32.3 Å². The average molecular weight is 414 g/mol. The Morgan fingerprint density at radius 3 is 2.88 bits per heavy atom. The second-order valence-corrected chi connectivity index (χ2v) is 7.48. The normalized spacial score (nSPS) is 13.9. The molecule has 0 atom stereocenters. The Labute approximate surface area is 159 Å². The number of carbonyl (C=O) groups is 1. The summed E-state index contributed by atoms with van der Waals surface area (Å²) in [5.74, 6) is 0.182. The topological polar surface area (TPSA) is 65.8 Å². The first-order chi connectivity index (χ1) is 12.1. The molecule has 1 aromatic carbocycles. The molecule has 0 saturated carbocycles. The molecular formula is C19H16BrN3OS. The van der Waals surface area contributed by atoms with Gasteiger partial charge in [0, 0.05) is 39.7 Å². The average Bonchev–Trinajstić information content (AvgIpc) is 2.95. The Morgan fingerprint density at radius 1 is 1.32 bits per heavy atom. The summed E-state index contributed by atoms with van der Waals surface area (Å²) in [4.78, 5) is 17.6. The van der Waals surface area contributed by atoms with Gasteiger partial charge in [-0.3, -0.25) is 9.78 Å². The van der Waals surface area contributed by atoms with Crippen LogP contribution in [0.1, 0.15) is 24.0 Å². The summed E-state index contributed by atoms with van der Waals surface area (Å²) < 4.78 is 0.890. The smallest absolute Gasteiger partial charge is 0.161 e. The first kappa shape index (κ1) is 17.7. The van der Waals surface area contributed by atoms with Gasteiger partial charge in [0.2, 0.25) is 0 Å². The van der Waals surface area contributed by atoms with Crippen molar-refractivity contribution in [2.45, 2.75) is 24.2 Å². The third-order valence-electron chi connectivity index (χ3n) is 4.09. The van der Waals surface area contributed by atoms with Crippen LogP contribution in [-0.4, -0.2) is 17.0 Å². The number of hydrogen-bond donors (Lipinski definition) is 1. The number of ketones is 1. The highest BCUT2D eigenvalue weighted by molar-refractivity contribution is 9.10. The van der Waals surface area contributed by atoms with Crippen molar-refractivity contribution in [3.05, 3.63) is 63.5 Å². The molecule has 6 heteroatoms. The van der Waals surface area contributed by atoms with Gasteiger partial charge in [-0.15, -0.1) is 11.8 Å². The van der Waals surface area contributed by atoms with Crippen LogP contribution >= 0.6 is 27.7 Å². The zero-order chi connectivity index (χ0) is 17.8. The van der Waals surface area contributed by atoms with Gasteiger partial charge in [-0.05, 0) is 52.4 Å². The van der Waals surface area contributed by atoms with Crippen LogP contribution in [0.25, 0.3) is 0 Å². The van der Waals surface area contributed by atoms with Crippen molar-refractivity contribution in [1.82, 2.24) is 4.98 Å². The highest BCUT2D eigenvalue weighted by Crippen LogP contribution is 2.31. The molecule has 0 amide bonds. The first-order valence-corrected chi connectivity index (χ1v) is 9.82. The lowest BCUT2D eigenvalue weighted by Crippen LogP contribution is -2.06. The molecule has 0 spiro atoms. The van der Waals surface area contributed by atoms with Crippen molar-refractivity contribution in [3.8, 4) is 6.07 Å². The number of thioether (sulfide) groups is 1. The van der Waals surface area contributed by atoms with Crippen molar-refractivity contribution in [2.24, 2.45) is 0 Å². The van der Waals surface area contributed by atoms with E-state index in [1.54, 1.807) is 30.2 Å². The maximum absolute atomic E-state index is 12.4. The molecule has 0 radical (unpaired) electrons. The fourth-order valence-electron chi connectivity index (χ4n) is 2.86. The van der Waals surface area contributed by atoms with E-state index in [4.69, 9.17) is 5.26 Å². The van der Waals surface area contributed by atoms with Gasteiger partial charge < -0.3 is 5.32 Å². The van der Waals surface area contributed by atoms with Crippen LogP contribution in [0.2, 0.25) is 0 Å². The second-order valence-electron chi connectivity index (χ2n) is 5.71. The minimum atomic E-state index is 0.182. The number of rotatable bonds is 5. The summed E-state index contributed by atoms with van der Waals surface area (Å²) >= 11 is 5.01. The van der Waals surface area contributed by atoms with E-state index in [1.165, 1.54) is 0 Å². The van der Waals surface area contributed by atoms with Crippen molar-refractivity contribution < 1.29 is 4.79 Å². The molecule has 0 unspecified atom stereocenters. The maximum atomic E-state index is 12.4. The van der Waals surface area contributed by atoms with E-state index in [0.717, 1.165) is 31.9 Å². The summed E-state index contributed by atoms with van der Waals surface area (Å²) in [5, 5.41) is 12.4. The predicted molar refractivity (Wildman–Crippen MR) is 103 cm³/mol. The predicted octanol–water partition coefficient (Wildman–Crippen LogP) is 4.71. The molecule has 126 valence electrons. The van der Waals surface area contributed by atoms with Gasteiger partial charge in [0.1, 0.15) is 0 Å². The van der Waals surface area contributed by atoms with Gasteiger partial charge in [-0.2, -0.15) is 5.26 Å². The SMILES string of the molecule is CSc1cc(C#N)ccc1CC1=C(Nc2cncc(Br)c2)CCC1=O. The molecule has 3 rings (SSSR count). The number of Topliss-reactive ketones (excluding diaryl/α,β-unsaturated/α-hetero) is 1. The van der Waals surface area contributed by atoms with E-state index in [1.807, 2.05) is 24.5 Å². The van der Waals surface area contributed by atoms with Crippen LogP contribution in [0.3, 0.4) is 0 Å². The Morgan fingerprint density at radius 2 is 2.16 bits per heavy atom. The number of hydrogen-bond acceptors (Lipinski definition) is 5. The number of aromatic nitrogens is 1. The number of nitrogens with one attached hydrogen (secondary N) is 1. The van der Waals surface area contributed by atoms with E-state index >= 15 is 0 Å². The molecule has 0 fully saturated rings. The molecule has 1 aromatic heterocycles. The van der Waals surface area contributed by atoms with Crippen LogP contribution in [0.4, 0.5) is 5.69 Å². The molecule has 0 aliphatic heterocycles. The summed E-state index contributed by atoms with van der Waals surface area (Å²) in [6.07, 6.45) is 7.27. The summed E-state index contributed by atoms with van der Waals surface area (Å²) in [5.41, 5.74) is 4.35. The summed E-state index contributed by atoms with van der Waals surface area (Å²) in [6.45, 7) is 0. The van der Waals surface area contributed by atoms with E-state index in [0.29, 0.717) is 24.8 Å². The lowest BCUT2D eigenvalue weighted by molar-refractivity contribution is -0.115. The molecule has 1 aliphatic rings. The largest absolute Gasteiger partial charge is 0.357 e. The van der Waals surface area contributed by atoms with Crippen LogP contribution in [0.5, 0.6) is 0 Å². The van der Waals surface area contributed by atoms with E-state index in [-0.39, 0.29) is 5.78 Å². The Kier molecular flexibility index (Phi) is 5.57. The zero-order valence-electron chi connectivity index (χ0n) is 13.7. The molecule has 4 nitrogen and oxygen atoms in total. The molecular weight excluding hydrogens is 398 g/mol. The Hall–Kier alpha value is -2.10. The highest BCUT2D eigenvalue weighted by atomic mass is 79.9. The van der Waals surface area contributed by atoms with E-state index < -0.39 is 0 Å². The van der Waals surface area contributed by atoms with Crippen molar-refractivity contribution in [1.29, 1.82) is 5.26 Å². The number of nitrogens with zero attached hydrogens (tertiary/aromatic N) is 2. The fourth-order valence-corrected chi connectivity index (χ4v) is 3.87. The number of benzene rings is 1. The number of halogens is 1. The van der Waals surface area contributed by atoms with Gasteiger partial charge in [0.15, 0.2) is 5.78 Å². The summed E-state index contributed by atoms with van der Waals surface area (Å²) in [7, 11) is 0. The third-order valence-corrected chi connectivity index (χ3v) is 5.34. The van der Waals surface area contributed by atoms with Gasteiger partial charge in [0.25, 0.3) is 0 Å². The number of anilines is 1. The third kappa shape index (κ3) is 4.12. The standard InChI is InChI=1S/C19H16BrN3OS/c1-25-19-6-12(9-21)2-3-13(19)7-16-17(4-5-18(16)24)23-15-8-14(20)10-22-11-15/h2-3,6,8,10-11,23H,4-5,7H2,1H3. The number of pyridine rings is 1. The zero-order valence-corrected chi connectivity index (χ0v) is 16.1. The molecule has 1 heterocycles. The minimum Gasteiger partial charge on any atom is -0.357 e. The Balaban J connectivity index is 1.90. The van der Waals surface area contributed by atoms with Gasteiger partial charge in [-0.1, -0.05) is 6.07 Å². The van der Waals surface area contributed by atoms with Crippen LogP contribution < -0.4 is 5.32 Å². The molecule has 1 aliphatic carbocycles. The van der Waals surface area contributed by atoms with Crippen molar-refractivity contribution in [2.75, 3.05) is 11.6 Å². The van der Waals surface area contributed by atoms with Gasteiger partial charge in [-0.25, -0.2) is 0 Å². The van der Waals surface area contributed by atoms with Crippen LogP contribution in [0.15, 0.2) is 57.3 Å². The van der Waals surface area contributed by atoms with Crippen LogP contribution in [-0.2, 0) is 11.2 Å². The monoisotopic (exact) mass is 413 g/mol. The first-order valence-electron chi connectivity index (χ1n) is 7.80. The molecule has 0 saturated heterocycles. The number of carbonyl (C=O) groups excluding carboxylic acids is 1. The summed E-state index contributed by atoms with van der Waals surface area (Å²) in [6, 6.07) is 9.73. The lowest BCUT2D eigenvalue weighted by Gasteiger charge is -2.12. The second kappa shape index (κ2) is 7.85. The quantitative estimate of drug-likeness (QED) is 0.718. The fraction of sp³-hybridized carbons (Fsp3) is 0.211. The number of nitriles is 1. The number of allylic oxidation sites excluding steroid dienone is 2. The van der Waals surface area contributed by atoms with Gasteiger partial charge in [0.05, 0.1) is 23.5 Å².